The Bertz CT molecular complexity index is 758. The molecular formula is C18H21NO4S. The van der Waals surface area contributed by atoms with Crippen molar-refractivity contribution in [3.63, 3.8) is 0 Å². The summed E-state index contributed by atoms with van der Waals surface area (Å²) in [7, 11) is 0. The SMILES string of the molecule is CC(=O)c1c(C)[nH]c(C(=O)[C@@H](C)OC(=O)CCc2ccsc2)c1C. The van der Waals surface area contributed by atoms with E-state index < -0.39 is 12.1 Å². The number of aromatic amines is 1. The summed E-state index contributed by atoms with van der Waals surface area (Å²) in [6, 6.07) is 1.96. The van der Waals surface area contributed by atoms with Crippen molar-refractivity contribution in [3.05, 3.63) is 44.9 Å². The van der Waals surface area contributed by atoms with Crippen molar-refractivity contribution in [2.45, 2.75) is 46.6 Å². The van der Waals surface area contributed by atoms with Gasteiger partial charge in [-0.1, -0.05) is 0 Å². The number of esters is 1. The molecule has 0 unspecified atom stereocenters. The number of thiophene rings is 1. The highest BCUT2D eigenvalue weighted by Gasteiger charge is 2.25. The van der Waals surface area contributed by atoms with Crippen LogP contribution in [0.1, 0.15) is 57.9 Å². The van der Waals surface area contributed by atoms with Crippen molar-refractivity contribution in [1.29, 1.82) is 0 Å². The van der Waals surface area contributed by atoms with Crippen LogP contribution in [0.25, 0.3) is 0 Å². The Balaban J connectivity index is 2.00. The van der Waals surface area contributed by atoms with Crippen molar-refractivity contribution in [2.24, 2.45) is 0 Å². The largest absolute Gasteiger partial charge is 0.454 e. The highest BCUT2D eigenvalue weighted by Crippen LogP contribution is 2.20. The van der Waals surface area contributed by atoms with Gasteiger partial charge in [0.25, 0.3) is 0 Å². The molecule has 0 radical (unpaired) electrons. The predicted octanol–water partition coefficient (Wildman–Crippen LogP) is 3.64. The second kappa shape index (κ2) is 7.57. The molecule has 6 heteroatoms. The van der Waals surface area contributed by atoms with E-state index in [4.69, 9.17) is 4.74 Å². The van der Waals surface area contributed by atoms with Gasteiger partial charge in [0.05, 0.1) is 5.69 Å². The number of aryl methyl sites for hydroxylation is 2. The molecule has 0 saturated carbocycles. The van der Waals surface area contributed by atoms with Gasteiger partial charge in [-0.3, -0.25) is 14.4 Å². The first-order chi connectivity index (χ1) is 11.3. The number of Topliss-reactive ketones (excluding diaryl/α,β-unsaturated/α-hetero) is 2. The Kier molecular flexibility index (Phi) is 5.72. The van der Waals surface area contributed by atoms with Gasteiger partial charge in [-0.15, -0.1) is 0 Å². The number of carbonyl (C=O) groups excluding carboxylic acids is 3. The van der Waals surface area contributed by atoms with Crippen LogP contribution < -0.4 is 0 Å². The van der Waals surface area contributed by atoms with Gasteiger partial charge in [-0.2, -0.15) is 11.3 Å². The van der Waals surface area contributed by atoms with E-state index >= 15 is 0 Å². The quantitative estimate of drug-likeness (QED) is 0.613. The Morgan fingerprint density at radius 3 is 2.54 bits per heavy atom. The molecule has 1 N–H and O–H groups in total. The zero-order chi connectivity index (χ0) is 17.9. The molecule has 0 bridgehead atoms. The highest BCUT2D eigenvalue weighted by atomic mass is 32.1. The Hall–Kier alpha value is -2.21. The van der Waals surface area contributed by atoms with E-state index in [9.17, 15) is 14.4 Å². The maximum absolute atomic E-state index is 12.5. The molecule has 5 nitrogen and oxygen atoms in total. The topological polar surface area (TPSA) is 76.2 Å². The maximum Gasteiger partial charge on any atom is 0.306 e. The molecule has 24 heavy (non-hydrogen) atoms. The lowest BCUT2D eigenvalue weighted by Crippen LogP contribution is -2.25. The number of ether oxygens (including phenoxy) is 1. The summed E-state index contributed by atoms with van der Waals surface area (Å²) in [5.41, 5.74) is 3.19. The van der Waals surface area contributed by atoms with Gasteiger partial charge in [0.15, 0.2) is 11.9 Å². The fourth-order valence-electron chi connectivity index (χ4n) is 2.72. The van der Waals surface area contributed by atoms with Gasteiger partial charge in [0.1, 0.15) is 0 Å². The molecule has 0 saturated heterocycles. The number of carbonyl (C=O) groups is 3. The third-order valence-corrected chi connectivity index (χ3v) is 4.64. The zero-order valence-corrected chi connectivity index (χ0v) is 15.1. The number of hydrogen-bond donors (Lipinski definition) is 1. The Labute approximate surface area is 145 Å². The molecule has 0 amide bonds. The van der Waals surface area contributed by atoms with Crippen LogP contribution in [-0.4, -0.2) is 28.6 Å². The molecule has 2 aromatic rings. The normalized spacial score (nSPS) is 12.0. The number of aromatic nitrogens is 1. The summed E-state index contributed by atoms with van der Waals surface area (Å²) in [5.74, 6) is -0.831. The molecule has 0 spiro atoms. The minimum atomic E-state index is -0.892. The average molecular weight is 347 g/mol. The fourth-order valence-corrected chi connectivity index (χ4v) is 3.42. The van der Waals surface area contributed by atoms with E-state index in [1.165, 1.54) is 6.92 Å². The smallest absolute Gasteiger partial charge is 0.306 e. The van der Waals surface area contributed by atoms with E-state index in [0.29, 0.717) is 28.9 Å². The van der Waals surface area contributed by atoms with Crippen LogP contribution in [0.15, 0.2) is 16.8 Å². The summed E-state index contributed by atoms with van der Waals surface area (Å²) in [4.78, 5) is 39.0. The predicted molar refractivity (Wildman–Crippen MR) is 92.8 cm³/mol. The maximum atomic E-state index is 12.5. The highest BCUT2D eigenvalue weighted by molar-refractivity contribution is 7.07. The molecule has 0 aromatic carbocycles. The summed E-state index contributed by atoms with van der Waals surface area (Å²) < 4.78 is 5.24. The molecule has 128 valence electrons. The van der Waals surface area contributed by atoms with Crippen LogP contribution in [0.4, 0.5) is 0 Å². The van der Waals surface area contributed by atoms with Crippen LogP contribution >= 0.6 is 11.3 Å². The first-order valence-electron chi connectivity index (χ1n) is 7.76. The standard InChI is InChI=1S/C18H21NO4S/c1-10-16(12(3)20)11(2)19-17(10)18(22)13(4)23-15(21)6-5-14-7-8-24-9-14/h7-9,13,19H,5-6H2,1-4H3/t13-/m1/s1. The van der Waals surface area contributed by atoms with Gasteiger partial charge in [0.2, 0.25) is 5.78 Å². The Morgan fingerprint density at radius 1 is 1.29 bits per heavy atom. The van der Waals surface area contributed by atoms with E-state index in [1.807, 2.05) is 16.8 Å². The van der Waals surface area contributed by atoms with E-state index in [-0.39, 0.29) is 18.0 Å². The molecule has 0 aliphatic heterocycles. The lowest BCUT2D eigenvalue weighted by Gasteiger charge is -2.12. The first-order valence-corrected chi connectivity index (χ1v) is 8.70. The van der Waals surface area contributed by atoms with Crippen LogP contribution in [-0.2, 0) is 16.0 Å². The monoisotopic (exact) mass is 347 g/mol. The minimum absolute atomic E-state index is 0.0966. The van der Waals surface area contributed by atoms with Gasteiger partial charge in [0, 0.05) is 17.7 Å². The van der Waals surface area contributed by atoms with Gasteiger partial charge in [-0.25, -0.2) is 0 Å². The molecule has 0 fully saturated rings. The van der Waals surface area contributed by atoms with Crippen molar-refractivity contribution >= 4 is 28.9 Å². The van der Waals surface area contributed by atoms with Crippen LogP contribution in [0.5, 0.6) is 0 Å². The third kappa shape index (κ3) is 4.00. The fraction of sp³-hybridized carbons (Fsp3) is 0.389. The summed E-state index contributed by atoms with van der Waals surface area (Å²) in [6.45, 7) is 6.48. The minimum Gasteiger partial charge on any atom is -0.454 e. The molecule has 0 aliphatic carbocycles. The van der Waals surface area contributed by atoms with E-state index in [1.54, 1.807) is 32.1 Å². The molecule has 2 heterocycles. The lowest BCUT2D eigenvalue weighted by molar-refractivity contribution is -0.146. The van der Waals surface area contributed by atoms with Crippen molar-refractivity contribution in [1.82, 2.24) is 4.98 Å². The summed E-state index contributed by atoms with van der Waals surface area (Å²) >= 11 is 1.58. The van der Waals surface area contributed by atoms with Crippen molar-refractivity contribution in [3.8, 4) is 0 Å². The molecular weight excluding hydrogens is 326 g/mol. The number of rotatable bonds is 7. The summed E-state index contributed by atoms with van der Waals surface area (Å²) in [6.07, 6.45) is -0.0646. The molecule has 2 aromatic heterocycles. The second-order valence-electron chi connectivity index (χ2n) is 5.81. The second-order valence-corrected chi connectivity index (χ2v) is 6.59. The van der Waals surface area contributed by atoms with E-state index in [0.717, 1.165) is 5.56 Å². The van der Waals surface area contributed by atoms with Crippen LogP contribution in [0.2, 0.25) is 0 Å². The number of ketones is 2. The average Bonchev–Trinajstić information content (AvgIpc) is 3.12. The van der Waals surface area contributed by atoms with Crippen molar-refractivity contribution in [2.75, 3.05) is 0 Å². The molecule has 0 aliphatic rings. The summed E-state index contributed by atoms with van der Waals surface area (Å²) in [5, 5.41) is 3.94. The number of H-pyrrole nitrogens is 1. The van der Waals surface area contributed by atoms with Gasteiger partial charge >= 0.3 is 5.97 Å². The molecule has 1 atom stereocenters. The molecule has 2 rings (SSSR count). The first kappa shape index (κ1) is 18.1. The number of hydrogen-bond acceptors (Lipinski definition) is 5. The van der Waals surface area contributed by atoms with Gasteiger partial charge < -0.3 is 9.72 Å². The Morgan fingerprint density at radius 2 is 2.00 bits per heavy atom. The van der Waals surface area contributed by atoms with Crippen LogP contribution in [0, 0.1) is 13.8 Å². The lowest BCUT2D eigenvalue weighted by atomic mass is 10.0. The number of nitrogens with one attached hydrogen (secondary N) is 1. The third-order valence-electron chi connectivity index (χ3n) is 3.91. The van der Waals surface area contributed by atoms with E-state index in [2.05, 4.69) is 4.98 Å². The van der Waals surface area contributed by atoms with Gasteiger partial charge in [-0.05, 0) is 62.1 Å². The zero-order valence-electron chi connectivity index (χ0n) is 14.3. The van der Waals surface area contributed by atoms with Crippen molar-refractivity contribution < 1.29 is 19.1 Å². The van der Waals surface area contributed by atoms with Crippen LogP contribution in [0.3, 0.4) is 0 Å².